The molecule has 1 aromatic carbocycles. The summed E-state index contributed by atoms with van der Waals surface area (Å²) in [5.41, 5.74) is 1.43. The van der Waals surface area contributed by atoms with Crippen molar-refractivity contribution in [1.29, 1.82) is 0 Å². The first kappa shape index (κ1) is 16.8. The molecule has 1 unspecified atom stereocenters. The van der Waals surface area contributed by atoms with Crippen molar-refractivity contribution >= 4 is 11.6 Å². The van der Waals surface area contributed by atoms with Crippen LogP contribution in [0.3, 0.4) is 0 Å². The van der Waals surface area contributed by atoms with Crippen LogP contribution in [0.5, 0.6) is 0 Å². The largest absolute Gasteiger partial charge is 0.314 e. The lowest BCUT2D eigenvalue weighted by Gasteiger charge is -2.28. The maximum absolute atomic E-state index is 6.01. The zero-order valence-electron chi connectivity index (χ0n) is 13.6. The van der Waals surface area contributed by atoms with E-state index in [2.05, 4.69) is 31.3 Å². The van der Waals surface area contributed by atoms with Gasteiger partial charge in [-0.3, -0.25) is 0 Å². The van der Waals surface area contributed by atoms with E-state index in [0.717, 1.165) is 23.4 Å². The molecule has 0 heterocycles. The minimum absolute atomic E-state index is 0.573. The van der Waals surface area contributed by atoms with E-state index < -0.39 is 0 Å². The molecule has 0 bridgehead atoms. The van der Waals surface area contributed by atoms with E-state index in [9.17, 15) is 0 Å². The maximum atomic E-state index is 6.01. The number of halogens is 1. The normalized spacial score (nSPS) is 18.7. The van der Waals surface area contributed by atoms with Crippen molar-refractivity contribution in [3.05, 3.63) is 34.9 Å². The second kappa shape index (κ2) is 8.80. The molecular weight excluding hydrogens is 278 g/mol. The highest BCUT2D eigenvalue weighted by atomic mass is 35.5. The molecule has 0 saturated heterocycles. The van der Waals surface area contributed by atoms with Gasteiger partial charge in [-0.05, 0) is 42.5 Å². The second-order valence-electron chi connectivity index (χ2n) is 6.91. The molecule has 21 heavy (non-hydrogen) atoms. The van der Waals surface area contributed by atoms with Gasteiger partial charge in [-0.25, -0.2) is 0 Å². The van der Waals surface area contributed by atoms with Crippen LogP contribution in [-0.2, 0) is 6.42 Å². The van der Waals surface area contributed by atoms with Crippen molar-refractivity contribution in [2.75, 3.05) is 6.54 Å². The first-order chi connectivity index (χ1) is 10.1. The van der Waals surface area contributed by atoms with Gasteiger partial charge in [0.1, 0.15) is 0 Å². The lowest BCUT2D eigenvalue weighted by Crippen LogP contribution is -2.33. The van der Waals surface area contributed by atoms with Crippen LogP contribution in [0.25, 0.3) is 0 Å². The van der Waals surface area contributed by atoms with Crippen LogP contribution in [0, 0.1) is 11.8 Å². The highest BCUT2D eigenvalue weighted by Crippen LogP contribution is 2.31. The van der Waals surface area contributed by atoms with Gasteiger partial charge in [-0.2, -0.15) is 0 Å². The van der Waals surface area contributed by atoms with Crippen LogP contribution in [-0.4, -0.2) is 12.6 Å². The molecule has 118 valence electrons. The first-order valence-corrected chi connectivity index (χ1v) is 9.01. The van der Waals surface area contributed by atoms with Crippen molar-refractivity contribution in [1.82, 2.24) is 5.32 Å². The molecule has 1 aliphatic rings. The summed E-state index contributed by atoms with van der Waals surface area (Å²) in [5.74, 6) is 1.64. The molecule has 1 nitrogen and oxygen atoms in total. The smallest absolute Gasteiger partial charge is 0.0406 e. The summed E-state index contributed by atoms with van der Waals surface area (Å²) in [5, 5.41) is 4.51. The molecule has 1 fully saturated rings. The standard InChI is InChI=1S/C19H30ClN/c1-15(2)21-14-18(17-7-5-3-4-6-8-17)13-16-9-11-19(20)12-10-16/h9-12,15,17-18,21H,3-8,13-14H2,1-2H3. The summed E-state index contributed by atoms with van der Waals surface area (Å²) < 4.78 is 0. The Kier molecular flexibility index (Phi) is 7.06. The Hall–Kier alpha value is -0.530. The summed E-state index contributed by atoms with van der Waals surface area (Å²) in [6.45, 7) is 5.63. The van der Waals surface area contributed by atoms with Crippen molar-refractivity contribution in [3.63, 3.8) is 0 Å². The summed E-state index contributed by atoms with van der Waals surface area (Å²) in [6, 6.07) is 9.01. The molecule has 1 N–H and O–H groups in total. The zero-order chi connectivity index (χ0) is 15.1. The van der Waals surface area contributed by atoms with Gasteiger partial charge in [0.2, 0.25) is 0 Å². The van der Waals surface area contributed by atoms with Gasteiger partial charge in [0, 0.05) is 11.1 Å². The molecule has 1 atom stereocenters. The van der Waals surface area contributed by atoms with E-state index in [4.69, 9.17) is 11.6 Å². The zero-order valence-corrected chi connectivity index (χ0v) is 14.3. The molecular formula is C19H30ClN. The molecule has 0 amide bonds. The Morgan fingerprint density at radius 2 is 1.67 bits per heavy atom. The topological polar surface area (TPSA) is 12.0 Å². The van der Waals surface area contributed by atoms with Crippen molar-refractivity contribution in [2.45, 2.75) is 64.8 Å². The van der Waals surface area contributed by atoms with Crippen LogP contribution in [0.1, 0.15) is 57.9 Å². The van der Waals surface area contributed by atoms with Crippen LogP contribution in [0.4, 0.5) is 0 Å². The summed E-state index contributed by atoms with van der Waals surface area (Å²) in [7, 11) is 0. The minimum atomic E-state index is 0.573. The van der Waals surface area contributed by atoms with Gasteiger partial charge in [0.05, 0.1) is 0 Å². The number of hydrogen-bond donors (Lipinski definition) is 1. The molecule has 2 heteroatoms. The maximum Gasteiger partial charge on any atom is 0.0406 e. The Morgan fingerprint density at radius 1 is 1.05 bits per heavy atom. The lowest BCUT2D eigenvalue weighted by molar-refractivity contribution is 0.278. The summed E-state index contributed by atoms with van der Waals surface area (Å²) in [6.07, 6.45) is 9.72. The van der Waals surface area contributed by atoms with Crippen LogP contribution in [0.15, 0.2) is 24.3 Å². The Labute approximate surface area is 135 Å². The fourth-order valence-corrected chi connectivity index (χ4v) is 3.62. The molecule has 0 aromatic heterocycles. The molecule has 0 radical (unpaired) electrons. The van der Waals surface area contributed by atoms with Crippen LogP contribution < -0.4 is 5.32 Å². The van der Waals surface area contributed by atoms with E-state index in [0.29, 0.717) is 6.04 Å². The lowest BCUT2D eigenvalue weighted by atomic mass is 9.82. The van der Waals surface area contributed by atoms with Crippen LogP contribution in [0.2, 0.25) is 5.02 Å². The SMILES string of the molecule is CC(C)NCC(Cc1ccc(Cl)cc1)C1CCCCCC1. The van der Waals surface area contributed by atoms with Gasteiger partial charge in [0.25, 0.3) is 0 Å². The number of rotatable bonds is 6. The van der Waals surface area contributed by atoms with Crippen LogP contribution >= 0.6 is 11.6 Å². The van der Waals surface area contributed by atoms with E-state index in [1.165, 1.54) is 50.5 Å². The molecule has 1 aliphatic carbocycles. The Bertz CT molecular complexity index is 391. The highest BCUT2D eigenvalue weighted by molar-refractivity contribution is 6.30. The molecule has 0 spiro atoms. The second-order valence-corrected chi connectivity index (χ2v) is 7.34. The predicted molar refractivity (Wildman–Crippen MR) is 93.0 cm³/mol. The van der Waals surface area contributed by atoms with Crippen molar-refractivity contribution < 1.29 is 0 Å². The number of nitrogens with one attached hydrogen (secondary N) is 1. The Morgan fingerprint density at radius 3 is 2.24 bits per heavy atom. The fraction of sp³-hybridized carbons (Fsp3) is 0.684. The molecule has 1 saturated carbocycles. The fourth-order valence-electron chi connectivity index (χ4n) is 3.50. The quantitative estimate of drug-likeness (QED) is 0.687. The number of hydrogen-bond acceptors (Lipinski definition) is 1. The third kappa shape index (κ3) is 6.00. The molecule has 0 aliphatic heterocycles. The van der Waals surface area contributed by atoms with Gasteiger partial charge >= 0.3 is 0 Å². The monoisotopic (exact) mass is 307 g/mol. The Balaban J connectivity index is 2.01. The van der Waals surface area contributed by atoms with E-state index in [1.54, 1.807) is 0 Å². The average molecular weight is 308 g/mol. The molecule has 1 aromatic rings. The average Bonchev–Trinajstić information content (AvgIpc) is 2.74. The van der Waals surface area contributed by atoms with Crippen molar-refractivity contribution in [3.8, 4) is 0 Å². The van der Waals surface area contributed by atoms with Crippen molar-refractivity contribution in [2.24, 2.45) is 11.8 Å². The third-order valence-electron chi connectivity index (χ3n) is 4.77. The predicted octanol–water partition coefficient (Wildman–Crippen LogP) is 5.47. The van der Waals surface area contributed by atoms with E-state index in [1.807, 2.05) is 12.1 Å². The third-order valence-corrected chi connectivity index (χ3v) is 5.02. The van der Waals surface area contributed by atoms with Gasteiger partial charge in [-0.15, -0.1) is 0 Å². The van der Waals surface area contributed by atoms with Gasteiger partial charge < -0.3 is 5.32 Å². The summed E-state index contributed by atoms with van der Waals surface area (Å²) >= 11 is 6.01. The highest BCUT2D eigenvalue weighted by Gasteiger charge is 2.23. The van der Waals surface area contributed by atoms with Gasteiger partial charge in [-0.1, -0.05) is 76.1 Å². The summed E-state index contributed by atoms with van der Waals surface area (Å²) in [4.78, 5) is 0. The minimum Gasteiger partial charge on any atom is -0.314 e. The first-order valence-electron chi connectivity index (χ1n) is 8.63. The van der Waals surface area contributed by atoms with Gasteiger partial charge in [0.15, 0.2) is 0 Å². The van der Waals surface area contributed by atoms with E-state index in [-0.39, 0.29) is 0 Å². The van der Waals surface area contributed by atoms with E-state index >= 15 is 0 Å². The molecule has 2 rings (SSSR count). The number of benzene rings is 1.